The molecule has 138 valence electrons. The van der Waals surface area contributed by atoms with Crippen molar-refractivity contribution in [2.24, 2.45) is 5.92 Å². The van der Waals surface area contributed by atoms with Gasteiger partial charge in [0.15, 0.2) is 0 Å². The SMILES string of the molecule is O=C(NCC1CCCN(CCc2c(F)cccc2Cl)C1)C1CCCN1. The van der Waals surface area contributed by atoms with Crippen molar-refractivity contribution in [2.45, 2.75) is 38.1 Å². The topological polar surface area (TPSA) is 44.4 Å². The van der Waals surface area contributed by atoms with Gasteiger partial charge in [0.05, 0.1) is 6.04 Å². The second-order valence-corrected chi connectivity index (χ2v) is 7.56. The van der Waals surface area contributed by atoms with Crippen molar-refractivity contribution in [3.63, 3.8) is 0 Å². The van der Waals surface area contributed by atoms with Crippen LogP contribution in [-0.4, -0.2) is 49.6 Å². The van der Waals surface area contributed by atoms with Crippen LogP contribution in [-0.2, 0) is 11.2 Å². The van der Waals surface area contributed by atoms with Crippen LogP contribution >= 0.6 is 11.6 Å². The van der Waals surface area contributed by atoms with E-state index < -0.39 is 0 Å². The number of hydrogen-bond acceptors (Lipinski definition) is 3. The number of carbonyl (C=O) groups excluding carboxylic acids is 1. The Labute approximate surface area is 154 Å². The molecule has 0 spiro atoms. The predicted molar refractivity (Wildman–Crippen MR) is 98.3 cm³/mol. The molecule has 2 aliphatic heterocycles. The molecular weight excluding hydrogens is 341 g/mol. The van der Waals surface area contributed by atoms with Crippen molar-refractivity contribution in [2.75, 3.05) is 32.7 Å². The van der Waals surface area contributed by atoms with E-state index in [1.807, 2.05) is 0 Å². The summed E-state index contributed by atoms with van der Waals surface area (Å²) < 4.78 is 13.9. The number of likely N-dealkylation sites (tertiary alicyclic amines) is 1. The molecule has 0 aromatic heterocycles. The average molecular weight is 368 g/mol. The van der Waals surface area contributed by atoms with Gasteiger partial charge in [-0.3, -0.25) is 4.79 Å². The molecule has 2 heterocycles. The molecule has 2 atom stereocenters. The summed E-state index contributed by atoms with van der Waals surface area (Å²) in [6, 6.07) is 4.83. The van der Waals surface area contributed by atoms with E-state index >= 15 is 0 Å². The molecule has 2 unspecified atom stereocenters. The zero-order valence-electron chi connectivity index (χ0n) is 14.6. The number of benzene rings is 1. The summed E-state index contributed by atoms with van der Waals surface area (Å²) in [7, 11) is 0. The van der Waals surface area contributed by atoms with E-state index in [2.05, 4.69) is 15.5 Å². The van der Waals surface area contributed by atoms with Gasteiger partial charge < -0.3 is 15.5 Å². The first-order chi connectivity index (χ1) is 12.1. The van der Waals surface area contributed by atoms with Gasteiger partial charge in [-0.25, -0.2) is 4.39 Å². The third-order valence-electron chi connectivity index (χ3n) is 5.28. The van der Waals surface area contributed by atoms with E-state index in [0.29, 0.717) is 22.9 Å². The standard InChI is InChI=1S/C19H27ClFN3O/c20-16-5-1-6-17(21)15(16)8-11-24-10-3-4-14(13-24)12-23-19(25)18-7-2-9-22-18/h1,5-6,14,18,22H,2-4,7-13H2,(H,23,25). The molecule has 0 aliphatic carbocycles. The van der Waals surface area contributed by atoms with E-state index in [9.17, 15) is 9.18 Å². The second kappa shape index (κ2) is 8.97. The first-order valence-electron chi connectivity index (χ1n) is 9.30. The number of nitrogens with zero attached hydrogens (tertiary/aromatic N) is 1. The summed E-state index contributed by atoms with van der Waals surface area (Å²) in [5, 5.41) is 6.83. The third-order valence-corrected chi connectivity index (χ3v) is 5.64. The molecule has 3 rings (SSSR count). The maximum Gasteiger partial charge on any atom is 0.237 e. The minimum absolute atomic E-state index is 0.0112. The van der Waals surface area contributed by atoms with Crippen molar-refractivity contribution >= 4 is 17.5 Å². The number of amides is 1. The van der Waals surface area contributed by atoms with Crippen LogP contribution in [0.3, 0.4) is 0 Å². The Balaban J connectivity index is 1.44. The first-order valence-corrected chi connectivity index (χ1v) is 9.67. The second-order valence-electron chi connectivity index (χ2n) is 7.15. The Morgan fingerprint density at radius 3 is 3.00 bits per heavy atom. The predicted octanol–water partition coefficient (Wildman–Crippen LogP) is 2.60. The molecule has 25 heavy (non-hydrogen) atoms. The molecule has 1 amide bonds. The highest BCUT2D eigenvalue weighted by molar-refractivity contribution is 6.31. The number of hydrogen-bond donors (Lipinski definition) is 2. The van der Waals surface area contributed by atoms with Crippen LogP contribution in [0, 0.1) is 11.7 Å². The average Bonchev–Trinajstić information content (AvgIpc) is 3.14. The van der Waals surface area contributed by atoms with E-state index in [1.54, 1.807) is 12.1 Å². The van der Waals surface area contributed by atoms with Gasteiger partial charge in [-0.15, -0.1) is 0 Å². The quantitative estimate of drug-likeness (QED) is 0.812. The lowest BCUT2D eigenvalue weighted by Gasteiger charge is -2.33. The molecule has 1 aromatic carbocycles. The van der Waals surface area contributed by atoms with E-state index in [-0.39, 0.29) is 17.8 Å². The molecule has 0 bridgehead atoms. The van der Waals surface area contributed by atoms with Crippen LogP contribution in [0.4, 0.5) is 4.39 Å². The first kappa shape index (κ1) is 18.6. The van der Waals surface area contributed by atoms with Gasteiger partial charge in [0.2, 0.25) is 5.91 Å². The van der Waals surface area contributed by atoms with Crippen molar-refractivity contribution in [3.8, 4) is 0 Å². The summed E-state index contributed by atoms with van der Waals surface area (Å²) in [6.07, 6.45) is 4.89. The van der Waals surface area contributed by atoms with E-state index in [0.717, 1.165) is 58.4 Å². The van der Waals surface area contributed by atoms with Gasteiger partial charge in [0, 0.05) is 30.2 Å². The smallest absolute Gasteiger partial charge is 0.237 e. The highest BCUT2D eigenvalue weighted by Crippen LogP contribution is 2.21. The van der Waals surface area contributed by atoms with Crippen molar-refractivity contribution in [1.29, 1.82) is 0 Å². The van der Waals surface area contributed by atoms with Crippen LogP contribution in [0.1, 0.15) is 31.2 Å². The number of rotatable bonds is 6. The van der Waals surface area contributed by atoms with Gasteiger partial charge in [0.1, 0.15) is 5.82 Å². The van der Waals surface area contributed by atoms with Crippen molar-refractivity contribution in [3.05, 3.63) is 34.6 Å². The van der Waals surface area contributed by atoms with Gasteiger partial charge >= 0.3 is 0 Å². The zero-order valence-corrected chi connectivity index (χ0v) is 15.3. The Kier molecular flexibility index (Phi) is 6.68. The minimum Gasteiger partial charge on any atom is -0.354 e. The Morgan fingerprint density at radius 2 is 2.24 bits per heavy atom. The molecule has 2 aliphatic rings. The minimum atomic E-state index is -0.225. The summed E-state index contributed by atoms with van der Waals surface area (Å²) in [4.78, 5) is 14.5. The number of nitrogens with one attached hydrogen (secondary N) is 2. The fourth-order valence-electron chi connectivity index (χ4n) is 3.84. The fourth-order valence-corrected chi connectivity index (χ4v) is 4.10. The molecule has 2 fully saturated rings. The van der Waals surface area contributed by atoms with Crippen molar-refractivity contribution < 1.29 is 9.18 Å². The van der Waals surface area contributed by atoms with Crippen LogP contribution in [0.5, 0.6) is 0 Å². The van der Waals surface area contributed by atoms with Crippen LogP contribution in [0.25, 0.3) is 0 Å². The molecule has 2 saturated heterocycles. The fraction of sp³-hybridized carbons (Fsp3) is 0.632. The summed E-state index contributed by atoms with van der Waals surface area (Å²) >= 11 is 6.11. The van der Waals surface area contributed by atoms with Crippen LogP contribution < -0.4 is 10.6 Å². The maximum atomic E-state index is 13.9. The normalized spacial score (nSPS) is 24.4. The number of carbonyl (C=O) groups is 1. The Morgan fingerprint density at radius 1 is 1.36 bits per heavy atom. The molecule has 0 radical (unpaired) electrons. The molecular formula is C19H27ClFN3O. The lowest BCUT2D eigenvalue weighted by molar-refractivity contribution is -0.123. The highest BCUT2D eigenvalue weighted by Gasteiger charge is 2.24. The summed E-state index contributed by atoms with van der Waals surface area (Å²) in [5.74, 6) is 0.375. The van der Waals surface area contributed by atoms with Gasteiger partial charge in [-0.1, -0.05) is 17.7 Å². The van der Waals surface area contributed by atoms with Crippen molar-refractivity contribution in [1.82, 2.24) is 15.5 Å². The Hall–Kier alpha value is -1.17. The number of halogens is 2. The monoisotopic (exact) mass is 367 g/mol. The van der Waals surface area contributed by atoms with Gasteiger partial charge in [0.25, 0.3) is 0 Å². The highest BCUT2D eigenvalue weighted by atomic mass is 35.5. The third kappa shape index (κ3) is 5.16. The summed E-state index contributed by atoms with van der Waals surface area (Å²) in [6.45, 7) is 4.45. The van der Waals surface area contributed by atoms with Gasteiger partial charge in [-0.05, 0) is 63.2 Å². The molecule has 2 N–H and O–H groups in total. The lowest BCUT2D eigenvalue weighted by atomic mass is 9.97. The van der Waals surface area contributed by atoms with E-state index in [1.165, 1.54) is 6.07 Å². The van der Waals surface area contributed by atoms with Crippen LogP contribution in [0.15, 0.2) is 18.2 Å². The maximum absolute atomic E-state index is 13.9. The van der Waals surface area contributed by atoms with E-state index in [4.69, 9.17) is 11.6 Å². The van der Waals surface area contributed by atoms with Gasteiger partial charge in [-0.2, -0.15) is 0 Å². The molecule has 0 saturated carbocycles. The summed E-state index contributed by atoms with van der Waals surface area (Å²) in [5.41, 5.74) is 0.604. The zero-order chi connectivity index (χ0) is 17.6. The molecule has 4 nitrogen and oxygen atoms in total. The largest absolute Gasteiger partial charge is 0.354 e. The Bertz CT molecular complexity index is 572. The van der Waals surface area contributed by atoms with Crippen LogP contribution in [0.2, 0.25) is 5.02 Å². The lowest BCUT2D eigenvalue weighted by Crippen LogP contribution is -2.45. The molecule has 6 heteroatoms. The number of piperidine rings is 1. The molecule has 1 aromatic rings.